The maximum Gasteiger partial charge on any atom is 0.128 e. The van der Waals surface area contributed by atoms with Crippen molar-refractivity contribution in [2.24, 2.45) is 5.73 Å². The van der Waals surface area contributed by atoms with Gasteiger partial charge in [-0.25, -0.2) is 4.39 Å². The molecule has 19 heavy (non-hydrogen) atoms. The molecule has 0 aliphatic heterocycles. The SMILES string of the molecule is CCc1ccc(C(N)c2ccccc2F)cc1CC. The molecule has 0 aliphatic rings. The summed E-state index contributed by atoms with van der Waals surface area (Å²) in [4.78, 5) is 0. The van der Waals surface area contributed by atoms with Gasteiger partial charge in [0.25, 0.3) is 0 Å². The molecule has 0 saturated heterocycles. The zero-order chi connectivity index (χ0) is 13.8. The van der Waals surface area contributed by atoms with E-state index in [-0.39, 0.29) is 5.82 Å². The Hall–Kier alpha value is -1.67. The highest BCUT2D eigenvalue weighted by atomic mass is 19.1. The minimum absolute atomic E-state index is 0.243. The molecule has 0 radical (unpaired) electrons. The molecule has 0 heterocycles. The lowest BCUT2D eigenvalue weighted by molar-refractivity contribution is 0.599. The normalized spacial score (nSPS) is 12.4. The van der Waals surface area contributed by atoms with Crippen LogP contribution in [0.2, 0.25) is 0 Å². The van der Waals surface area contributed by atoms with Crippen molar-refractivity contribution in [3.05, 3.63) is 70.5 Å². The van der Waals surface area contributed by atoms with Crippen LogP contribution < -0.4 is 5.73 Å². The Kier molecular flexibility index (Phi) is 4.33. The first kappa shape index (κ1) is 13.8. The molecule has 2 heteroatoms. The van der Waals surface area contributed by atoms with Crippen molar-refractivity contribution >= 4 is 0 Å². The molecule has 0 spiro atoms. The standard InChI is InChI=1S/C17H20FN/c1-3-12-9-10-14(11-13(12)4-2)17(19)15-7-5-6-8-16(15)18/h5-11,17H,3-4,19H2,1-2H3. The number of nitrogens with two attached hydrogens (primary N) is 1. The number of aryl methyl sites for hydroxylation is 2. The Morgan fingerprint density at radius 3 is 2.32 bits per heavy atom. The second kappa shape index (κ2) is 5.98. The lowest BCUT2D eigenvalue weighted by Crippen LogP contribution is -2.14. The number of hydrogen-bond donors (Lipinski definition) is 1. The molecule has 2 N–H and O–H groups in total. The molecule has 0 aliphatic carbocycles. The molecule has 1 unspecified atom stereocenters. The Bertz CT molecular complexity index is 563. The third-order valence-electron chi connectivity index (χ3n) is 3.59. The van der Waals surface area contributed by atoms with E-state index in [1.807, 2.05) is 12.1 Å². The van der Waals surface area contributed by atoms with E-state index in [2.05, 4.69) is 26.0 Å². The molecule has 0 bridgehead atoms. The summed E-state index contributed by atoms with van der Waals surface area (Å²) in [6.45, 7) is 4.28. The Morgan fingerprint density at radius 1 is 1.00 bits per heavy atom. The average molecular weight is 257 g/mol. The second-order valence-corrected chi connectivity index (χ2v) is 4.73. The maximum absolute atomic E-state index is 13.8. The van der Waals surface area contributed by atoms with E-state index in [4.69, 9.17) is 5.73 Å². The van der Waals surface area contributed by atoms with Gasteiger partial charge < -0.3 is 5.73 Å². The second-order valence-electron chi connectivity index (χ2n) is 4.73. The summed E-state index contributed by atoms with van der Waals surface area (Å²) >= 11 is 0. The lowest BCUT2D eigenvalue weighted by Gasteiger charge is -2.16. The molecule has 2 aromatic carbocycles. The fourth-order valence-electron chi connectivity index (χ4n) is 2.42. The highest BCUT2D eigenvalue weighted by Crippen LogP contribution is 2.24. The van der Waals surface area contributed by atoms with Gasteiger partial charge in [0.2, 0.25) is 0 Å². The van der Waals surface area contributed by atoms with Gasteiger partial charge in [0.15, 0.2) is 0 Å². The van der Waals surface area contributed by atoms with Crippen molar-refractivity contribution in [1.82, 2.24) is 0 Å². The van der Waals surface area contributed by atoms with E-state index < -0.39 is 6.04 Å². The van der Waals surface area contributed by atoms with Crippen LogP contribution in [0.3, 0.4) is 0 Å². The van der Waals surface area contributed by atoms with Crippen LogP contribution in [-0.2, 0) is 12.8 Å². The van der Waals surface area contributed by atoms with Crippen LogP contribution in [0.5, 0.6) is 0 Å². The van der Waals surface area contributed by atoms with Crippen LogP contribution in [0.15, 0.2) is 42.5 Å². The zero-order valence-corrected chi connectivity index (χ0v) is 11.5. The van der Waals surface area contributed by atoms with Crippen molar-refractivity contribution in [2.45, 2.75) is 32.7 Å². The summed E-state index contributed by atoms with van der Waals surface area (Å²) in [6.07, 6.45) is 1.99. The molecule has 100 valence electrons. The monoisotopic (exact) mass is 257 g/mol. The maximum atomic E-state index is 13.8. The van der Waals surface area contributed by atoms with Gasteiger partial charge in [0.05, 0.1) is 6.04 Å². The third-order valence-corrected chi connectivity index (χ3v) is 3.59. The van der Waals surface area contributed by atoms with Crippen molar-refractivity contribution in [1.29, 1.82) is 0 Å². The van der Waals surface area contributed by atoms with Crippen molar-refractivity contribution in [3.63, 3.8) is 0 Å². The molecule has 0 amide bonds. The first-order valence-corrected chi connectivity index (χ1v) is 6.79. The van der Waals surface area contributed by atoms with E-state index in [0.29, 0.717) is 5.56 Å². The Morgan fingerprint density at radius 2 is 1.68 bits per heavy atom. The van der Waals surface area contributed by atoms with Crippen LogP contribution in [0, 0.1) is 5.82 Å². The van der Waals surface area contributed by atoms with E-state index >= 15 is 0 Å². The highest BCUT2D eigenvalue weighted by molar-refractivity contribution is 5.38. The van der Waals surface area contributed by atoms with Crippen molar-refractivity contribution < 1.29 is 4.39 Å². The summed E-state index contributed by atoms with van der Waals surface area (Å²) in [5.74, 6) is -0.243. The summed E-state index contributed by atoms with van der Waals surface area (Å²) in [5, 5.41) is 0. The molecule has 2 rings (SSSR count). The highest BCUT2D eigenvalue weighted by Gasteiger charge is 2.14. The number of rotatable bonds is 4. The summed E-state index contributed by atoms with van der Waals surface area (Å²) < 4.78 is 13.8. The molecule has 0 fully saturated rings. The van der Waals surface area contributed by atoms with Gasteiger partial charge in [-0.1, -0.05) is 50.2 Å². The molecule has 0 aromatic heterocycles. The summed E-state index contributed by atoms with van der Waals surface area (Å²) in [7, 11) is 0. The van der Waals surface area contributed by atoms with Crippen LogP contribution in [0.4, 0.5) is 4.39 Å². The average Bonchev–Trinajstić information content (AvgIpc) is 2.46. The predicted octanol–water partition coefficient (Wildman–Crippen LogP) is 4.00. The van der Waals surface area contributed by atoms with Gasteiger partial charge in [0, 0.05) is 5.56 Å². The van der Waals surface area contributed by atoms with Gasteiger partial charge in [-0.15, -0.1) is 0 Å². The Labute approximate surface area is 114 Å². The first-order chi connectivity index (χ1) is 9.17. The zero-order valence-electron chi connectivity index (χ0n) is 11.5. The fraction of sp³-hybridized carbons (Fsp3) is 0.294. The van der Waals surface area contributed by atoms with Gasteiger partial charge >= 0.3 is 0 Å². The van der Waals surface area contributed by atoms with E-state index in [0.717, 1.165) is 18.4 Å². The van der Waals surface area contributed by atoms with Crippen LogP contribution in [0.25, 0.3) is 0 Å². The summed E-state index contributed by atoms with van der Waals surface area (Å²) in [6, 6.07) is 12.5. The topological polar surface area (TPSA) is 26.0 Å². The lowest BCUT2D eigenvalue weighted by atomic mass is 9.93. The van der Waals surface area contributed by atoms with Crippen LogP contribution in [-0.4, -0.2) is 0 Å². The first-order valence-electron chi connectivity index (χ1n) is 6.79. The van der Waals surface area contributed by atoms with Gasteiger partial charge in [-0.05, 0) is 35.6 Å². The minimum Gasteiger partial charge on any atom is -0.320 e. The Balaban J connectivity index is 2.39. The summed E-state index contributed by atoms with van der Waals surface area (Å²) in [5.41, 5.74) is 10.4. The van der Waals surface area contributed by atoms with E-state index in [1.54, 1.807) is 12.1 Å². The van der Waals surface area contributed by atoms with Gasteiger partial charge in [0.1, 0.15) is 5.82 Å². The fourth-order valence-corrected chi connectivity index (χ4v) is 2.42. The van der Waals surface area contributed by atoms with E-state index in [1.165, 1.54) is 17.2 Å². The van der Waals surface area contributed by atoms with Gasteiger partial charge in [-0.2, -0.15) is 0 Å². The molecular formula is C17H20FN. The predicted molar refractivity (Wildman–Crippen MR) is 77.6 cm³/mol. The number of benzene rings is 2. The van der Waals surface area contributed by atoms with E-state index in [9.17, 15) is 4.39 Å². The molecule has 1 nitrogen and oxygen atoms in total. The number of halogens is 1. The van der Waals surface area contributed by atoms with Crippen LogP contribution >= 0.6 is 0 Å². The quantitative estimate of drug-likeness (QED) is 0.880. The molecule has 0 saturated carbocycles. The van der Waals surface area contributed by atoms with Crippen molar-refractivity contribution in [3.8, 4) is 0 Å². The van der Waals surface area contributed by atoms with Crippen LogP contribution in [0.1, 0.15) is 42.1 Å². The van der Waals surface area contributed by atoms with Gasteiger partial charge in [-0.3, -0.25) is 0 Å². The third kappa shape index (κ3) is 2.85. The molecule has 1 atom stereocenters. The number of hydrogen-bond acceptors (Lipinski definition) is 1. The van der Waals surface area contributed by atoms with Crippen molar-refractivity contribution in [2.75, 3.05) is 0 Å². The smallest absolute Gasteiger partial charge is 0.128 e. The minimum atomic E-state index is -0.405. The largest absolute Gasteiger partial charge is 0.320 e. The molecular weight excluding hydrogens is 237 g/mol. The molecule has 2 aromatic rings.